The van der Waals surface area contributed by atoms with E-state index in [9.17, 15) is 4.79 Å². The van der Waals surface area contributed by atoms with E-state index >= 15 is 0 Å². The number of nitrogens with one attached hydrogen (secondary N) is 1. The first-order chi connectivity index (χ1) is 7.54. The Bertz CT molecular complexity index is 375. The molecule has 16 heavy (non-hydrogen) atoms. The predicted molar refractivity (Wildman–Crippen MR) is 61.9 cm³/mol. The van der Waals surface area contributed by atoms with E-state index in [4.69, 9.17) is 9.84 Å². The van der Waals surface area contributed by atoms with Crippen molar-refractivity contribution in [1.82, 2.24) is 5.32 Å². The Balaban J connectivity index is 2.89. The maximum absolute atomic E-state index is 10.8. The van der Waals surface area contributed by atoms with Crippen LogP contribution in [0.15, 0.2) is 18.2 Å². The standard InChI is InChI=1S/C12H17NO3/c1-8(2)13-7-10-5-4-9(12(14)15)6-11(10)16-3/h4-6,8,13H,7H2,1-3H3,(H,14,15). The quantitative estimate of drug-likeness (QED) is 0.800. The Morgan fingerprint density at radius 3 is 2.69 bits per heavy atom. The maximum atomic E-state index is 10.8. The third-order valence-corrected chi connectivity index (χ3v) is 2.23. The Kier molecular flexibility index (Phi) is 4.31. The highest BCUT2D eigenvalue weighted by molar-refractivity contribution is 5.88. The van der Waals surface area contributed by atoms with Gasteiger partial charge in [-0.3, -0.25) is 0 Å². The highest BCUT2D eigenvalue weighted by Crippen LogP contribution is 2.20. The molecule has 0 atom stereocenters. The Morgan fingerprint density at radius 2 is 2.19 bits per heavy atom. The second-order valence-electron chi connectivity index (χ2n) is 3.87. The fraction of sp³-hybridized carbons (Fsp3) is 0.417. The number of carbonyl (C=O) groups is 1. The summed E-state index contributed by atoms with van der Waals surface area (Å²) >= 11 is 0. The molecule has 0 saturated heterocycles. The van der Waals surface area contributed by atoms with Gasteiger partial charge in [-0.05, 0) is 12.1 Å². The van der Waals surface area contributed by atoms with Gasteiger partial charge in [0.15, 0.2) is 0 Å². The van der Waals surface area contributed by atoms with Crippen LogP contribution in [0.3, 0.4) is 0 Å². The van der Waals surface area contributed by atoms with Crippen LogP contribution in [-0.2, 0) is 6.54 Å². The number of ether oxygens (including phenoxy) is 1. The van der Waals surface area contributed by atoms with E-state index in [0.29, 0.717) is 18.3 Å². The van der Waals surface area contributed by atoms with Gasteiger partial charge in [0, 0.05) is 18.2 Å². The number of rotatable bonds is 5. The molecule has 0 fully saturated rings. The van der Waals surface area contributed by atoms with Gasteiger partial charge in [-0.1, -0.05) is 19.9 Å². The van der Waals surface area contributed by atoms with E-state index in [1.165, 1.54) is 0 Å². The molecule has 0 aliphatic carbocycles. The van der Waals surface area contributed by atoms with Crippen molar-refractivity contribution in [3.8, 4) is 5.75 Å². The summed E-state index contributed by atoms with van der Waals surface area (Å²) in [6.07, 6.45) is 0. The molecule has 2 N–H and O–H groups in total. The summed E-state index contributed by atoms with van der Waals surface area (Å²) in [5.74, 6) is -0.338. The zero-order chi connectivity index (χ0) is 12.1. The van der Waals surface area contributed by atoms with E-state index < -0.39 is 5.97 Å². The van der Waals surface area contributed by atoms with Crippen LogP contribution in [0.2, 0.25) is 0 Å². The van der Waals surface area contributed by atoms with Crippen LogP contribution in [0.4, 0.5) is 0 Å². The fourth-order valence-corrected chi connectivity index (χ4v) is 1.34. The van der Waals surface area contributed by atoms with Crippen molar-refractivity contribution in [1.29, 1.82) is 0 Å². The van der Waals surface area contributed by atoms with Crippen molar-refractivity contribution in [3.05, 3.63) is 29.3 Å². The first-order valence-corrected chi connectivity index (χ1v) is 5.18. The molecule has 88 valence electrons. The minimum atomic E-state index is -0.943. The predicted octanol–water partition coefficient (Wildman–Crippen LogP) is 1.89. The first-order valence-electron chi connectivity index (χ1n) is 5.18. The van der Waals surface area contributed by atoms with Gasteiger partial charge in [-0.15, -0.1) is 0 Å². The summed E-state index contributed by atoms with van der Waals surface area (Å²) in [6.45, 7) is 4.77. The second-order valence-corrected chi connectivity index (χ2v) is 3.87. The monoisotopic (exact) mass is 223 g/mol. The molecule has 4 heteroatoms. The van der Waals surface area contributed by atoms with E-state index in [0.717, 1.165) is 5.56 Å². The van der Waals surface area contributed by atoms with E-state index in [-0.39, 0.29) is 5.56 Å². The van der Waals surface area contributed by atoms with Crippen molar-refractivity contribution >= 4 is 5.97 Å². The van der Waals surface area contributed by atoms with Crippen molar-refractivity contribution in [2.24, 2.45) is 0 Å². The molecule has 0 amide bonds. The zero-order valence-corrected chi connectivity index (χ0v) is 9.78. The summed E-state index contributed by atoms with van der Waals surface area (Å²) in [6, 6.07) is 5.28. The lowest BCUT2D eigenvalue weighted by atomic mass is 10.1. The molecule has 0 aromatic heterocycles. The van der Waals surface area contributed by atoms with E-state index in [2.05, 4.69) is 19.2 Å². The third kappa shape index (κ3) is 3.24. The summed E-state index contributed by atoms with van der Waals surface area (Å²) in [7, 11) is 1.54. The minimum absolute atomic E-state index is 0.241. The molecule has 1 aromatic carbocycles. The van der Waals surface area contributed by atoms with Gasteiger partial charge in [0.25, 0.3) is 0 Å². The normalized spacial score (nSPS) is 10.5. The topological polar surface area (TPSA) is 58.6 Å². The van der Waals surface area contributed by atoms with Gasteiger partial charge in [-0.2, -0.15) is 0 Å². The number of hydrogen-bond acceptors (Lipinski definition) is 3. The largest absolute Gasteiger partial charge is 0.496 e. The molecule has 0 saturated carbocycles. The molecule has 0 heterocycles. The molecular formula is C12H17NO3. The zero-order valence-electron chi connectivity index (χ0n) is 9.78. The van der Waals surface area contributed by atoms with Gasteiger partial charge >= 0.3 is 5.97 Å². The number of carboxylic acids is 1. The van der Waals surface area contributed by atoms with E-state index in [1.807, 2.05) is 0 Å². The summed E-state index contributed by atoms with van der Waals surface area (Å²) in [5.41, 5.74) is 1.20. The lowest BCUT2D eigenvalue weighted by Crippen LogP contribution is -2.22. The SMILES string of the molecule is COc1cc(C(=O)O)ccc1CNC(C)C. The fourth-order valence-electron chi connectivity index (χ4n) is 1.34. The highest BCUT2D eigenvalue weighted by atomic mass is 16.5. The van der Waals surface area contributed by atoms with Gasteiger partial charge in [0.1, 0.15) is 5.75 Å². The number of aromatic carboxylic acids is 1. The second kappa shape index (κ2) is 5.51. The molecule has 4 nitrogen and oxygen atoms in total. The van der Waals surface area contributed by atoms with Crippen LogP contribution in [0.5, 0.6) is 5.75 Å². The molecule has 0 radical (unpaired) electrons. The number of benzene rings is 1. The minimum Gasteiger partial charge on any atom is -0.496 e. The summed E-state index contributed by atoms with van der Waals surface area (Å²) in [5, 5.41) is 12.1. The summed E-state index contributed by atoms with van der Waals surface area (Å²) < 4.78 is 5.17. The maximum Gasteiger partial charge on any atom is 0.335 e. The first kappa shape index (κ1) is 12.5. The molecule has 1 aromatic rings. The Morgan fingerprint density at radius 1 is 1.50 bits per heavy atom. The number of hydrogen-bond donors (Lipinski definition) is 2. The van der Waals surface area contributed by atoms with E-state index in [1.54, 1.807) is 25.3 Å². The molecular weight excluding hydrogens is 206 g/mol. The van der Waals surface area contributed by atoms with Gasteiger partial charge in [0.05, 0.1) is 12.7 Å². The van der Waals surface area contributed by atoms with Crippen LogP contribution in [0.1, 0.15) is 29.8 Å². The molecule has 1 rings (SSSR count). The van der Waals surface area contributed by atoms with Crippen molar-refractivity contribution in [3.63, 3.8) is 0 Å². The highest BCUT2D eigenvalue weighted by Gasteiger charge is 2.08. The average Bonchev–Trinajstić information content (AvgIpc) is 2.25. The van der Waals surface area contributed by atoms with Crippen molar-refractivity contribution in [2.75, 3.05) is 7.11 Å². The van der Waals surface area contributed by atoms with Gasteiger partial charge < -0.3 is 15.2 Å². The van der Waals surface area contributed by atoms with Crippen LogP contribution in [0.25, 0.3) is 0 Å². The van der Waals surface area contributed by atoms with Crippen molar-refractivity contribution < 1.29 is 14.6 Å². The van der Waals surface area contributed by atoms with Gasteiger partial charge in [0.2, 0.25) is 0 Å². The molecule has 0 aliphatic heterocycles. The number of methoxy groups -OCH3 is 1. The third-order valence-electron chi connectivity index (χ3n) is 2.23. The van der Waals surface area contributed by atoms with Gasteiger partial charge in [-0.25, -0.2) is 4.79 Å². The number of carboxylic acid groups (broad SMARTS) is 1. The smallest absolute Gasteiger partial charge is 0.335 e. The van der Waals surface area contributed by atoms with Crippen LogP contribution in [-0.4, -0.2) is 24.2 Å². The molecule has 0 spiro atoms. The average molecular weight is 223 g/mol. The van der Waals surface area contributed by atoms with Crippen molar-refractivity contribution in [2.45, 2.75) is 26.4 Å². The Labute approximate surface area is 95.2 Å². The van der Waals surface area contributed by atoms with Crippen LogP contribution >= 0.6 is 0 Å². The lowest BCUT2D eigenvalue weighted by molar-refractivity contribution is 0.0696. The molecule has 0 aliphatic rings. The lowest BCUT2D eigenvalue weighted by Gasteiger charge is -2.12. The molecule has 0 bridgehead atoms. The molecule has 0 unspecified atom stereocenters. The van der Waals surface area contributed by atoms with Crippen LogP contribution < -0.4 is 10.1 Å². The Hall–Kier alpha value is -1.55. The summed E-state index contributed by atoms with van der Waals surface area (Å²) in [4.78, 5) is 10.8. The van der Waals surface area contributed by atoms with Crippen LogP contribution in [0, 0.1) is 0 Å².